The van der Waals surface area contributed by atoms with E-state index < -0.39 is 0 Å². The summed E-state index contributed by atoms with van der Waals surface area (Å²) < 4.78 is 12.3. The minimum Gasteiger partial charge on any atom is -0.262 e. The average Bonchev–Trinajstić information content (AvgIpc) is 1.95. The van der Waals surface area contributed by atoms with Crippen LogP contribution in [0.5, 0.6) is 0 Å². The minimum absolute atomic E-state index is 0. The predicted molar refractivity (Wildman–Crippen MR) is 50.5 cm³/mol. The maximum Gasteiger partial charge on any atom is 0.123 e. The number of hydrogen-bond acceptors (Lipinski definition) is 1. The zero-order chi connectivity index (χ0) is 7.40. The van der Waals surface area contributed by atoms with Gasteiger partial charge in [0.05, 0.1) is 5.69 Å². The largest absolute Gasteiger partial charge is 0.262 e. The van der Waals surface area contributed by atoms with Crippen LogP contribution in [-0.4, -0.2) is 6.21 Å². The molecule has 11 heavy (non-hydrogen) atoms. The molecule has 0 atom stereocenters. The zero-order valence-electron chi connectivity index (χ0n) is 6.12. The highest BCUT2D eigenvalue weighted by molar-refractivity contribution is 8.93. The van der Waals surface area contributed by atoms with Crippen LogP contribution in [0.4, 0.5) is 10.1 Å². The first-order valence-corrected chi connectivity index (χ1v) is 3.07. The second-order valence-electron chi connectivity index (χ2n) is 1.86. The Bertz CT molecular complexity index is 230. The molecule has 0 amide bonds. The third-order valence-electron chi connectivity index (χ3n) is 1.10. The smallest absolute Gasteiger partial charge is 0.123 e. The monoisotopic (exact) mass is 217 g/mol. The fraction of sp³-hybridized carbons (Fsp3) is 0.125. The Hall–Kier alpha value is -0.700. The molecule has 1 aromatic rings. The molecule has 0 bridgehead atoms. The molecular weight excluding hydrogens is 209 g/mol. The van der Waals surface area contributed by atoms with Gasteiger partial charge in [-0.3, -0.25) is 4.99 Å². The topological polar surface area (TPSA) is 12.4 Å². The highest BCUT2D eigenvalue weighted by Gasteiger charge is 1.87. The fourth-order valence-electron chi connectivity index (χ4n) is 0.676. The Morgan fingerprint density at radius 3 is 2.27 bits per heavy atom. The number of benzene rings is 1. The van der Waals surface area contributed by atoms with Crippen LogP contribution in [0.2, 0.25) is 0 Å². The Morgan fingerprint density at radius 1 is 1.27 bits per heavy atom. The first-order chi connectivity index (χ1) is 4.83. The number of aliphatic imine (C=N–C) groups is 1. The minimum atomic E-state index is -0.227. The molecule has 0 aromatic heterocycles. The molecule has 0 aliphatic carbocycles. The van der Waals surface area contributed by atoms with E-state index >= 15 is 0 Å². The zero-order valence-corrected chi connectivity index (χ0v) is 7.83. The van der Waals surface area contributed by atoms with Crippen LogP contribution in [0, 0.1) is 5.82 Å². The maximum absolute atomic E-state index is 12.3. The van der Waals surface area contributed by atoms with Crippen molar-refractivity contribution in [2.45, 2.75) is 6.92 Å². The summed E-state index contributed by atoms with van der Waals surface area (Å²) >= 11 is 0. The van der Waals surface area contributed by atoms with Crippen molar-refractivity contribution in [1.29, 1.82) is 0 Å². The van der Waals surface area contributed by atoms with Gasteiger partial charge in [-0.1, -0.05) is 0 Å². The van der Waals surface area contributed by atoms with Crippen LogP contribution in [0.25, 0.3) is 0 Å². The summed E-state index contributed by atoms with van der Waals surface area (Å²) in [6.45, 7) is 1.82. The van der Waals surface area contributed by atoms with Gasteiger partial charge < -0.3 is 0 Å². The number of hydrogen-bond donors (Lipinski definition) is 0. The van der Waals surface area contributed by atoms with Gasteiger partial charge in [-0.15, -0.1) is 17.0 Å². The molecule has 0 N–H and O–H groups in total. The van der Waals surface area contributed by atoms with Gasteiger partial charge >= 0.3 is 0 Å². The second kappa shape index (κ2) is 5.02. The van der Waals surface area contributed by atoms with Gasteiger partial charge in [0, 0.05) is 6.21 Å². The van der Waals surface area contributed by atoms with Crippen LogP contribution in [0.1, 0.15) is 6.92 Å². The third kappa shape index (κ3) is 3.28. The van der Waals surface area contributed by atoms with E-state index in [-0.39, 0.29) is 22.8 Å². The van der Waals surface area contributed by atoms with E-state index in [9.17, 15) is 4.39 Å². The van der Waals surface area contributed by atoms with Gasteiger partial charge in [0.15, 0.2) is 0 Å². The van der Waals surface area contributed by atoms with E-state index in [1.165, 1.54) is 12.1 Å². The second-order valence-corrected chi connectivity index (χ2v) is 1.86. The van der Waals surface area contributed by atoms with Gasteiger partial charge in [0.1, 0.15) is 5.82 Å². The van der Waals surface area contributed by atoms with Crippen LogP contribution in [-0.2, 0) is 0 Å². The molecule has 1 nitrogen and oxygen atoms in total. The van der Waals surface area contributed by atoms with Gasteiger partial charge in [-0.05, 0) is 31.2 Å². The van der Waals surface area contributed by atoms with Crippen molar-refractivity contribution < 1.29 is 4.39 Å². The Morgan fingerprint density at radius 2 is 1.82 bits per heavy atom. The predicted octanol–water partition coefficient (Wildman–Crippen LogP) is 3.13. The maximum atomic E-state index is 12.3. The first-order valence-electron chi connectivity index (χ1n) is 3.07. The molecule has 0 aliphatic heterocycles. The molecule has 0 unspecified atom stereocenters. The summed E-state index contributed by atoms with van der Waals surface area (Å²) in [6.07, 6.45) is 1.67. The number of nitrogens with zero attached hydrogens (tertiary/aromatic N) is 1. The molecular formula is C8H9BrFN. The highest BCUT2D eigenvalue weighted by Crippen LogP contribution is 2.10. The van der Waals surface area contributed by atoms with Crippen molar-refractivity contribution in [2.24, 2.45) is 4.99 Å². The van der Waals surface area contributed by atoms with E-state index in [0.717, 1.165) is 5.69 Å². The van der Waals surface area contributed by atoms with E-state index in [1.54, 1.807) is 18.3 Å². The van der Waals surface area contributed by atoms with Gasteiger partial charge in [0.25, 0.3) is 0 Å². The van der Waals surface area contributed by atoms with Crippen molar-refractivity contribution in [3.05, 3.63) is 30.1 Å². The Balaban J connectivity index is 0.000001000. The molecule has 0 spiro atoms. The number of halogens is 2. The molecule has 0 radical (unpaired) electrons. The lowest BCUT2D eigenvalue weighted by atomic mass is 10.3. The SMILES string of the molecule is Br.CC=Nc1ccc(F)cc1. The van der Waals surface area contributed by atoms with Crippen LogP contribution in [0.3, 0.4) is 0 Å². The van der Waals surface area contributed by atoms with E-state index in [0.29, 0.717) is 0 Å². The third-order valence-corrected chi connectivity index (χ3v) is 1.10. The lowest BCUT2D eigenvalue weighted by molar-refractivity contribution is 0.628. The van der Waals surface area contributed by atoms with Crippen molar-refractivity contribution >= 4 is 28.9 Å². The van der Waals surface area contributed by atoms with Crippen molar-refractivity contribution in [1.82, 2.24) is 0 Å². The fourth-order valence-corrected chi connectivity index (χ4v) is 0.676. The molecule has 1 rings (SSSR count). The Labute approximate surface area is 75.7 Å². The lowest BCUT2D eigenvalue weighted by Gasteiger charge is -1.89. The van der Waals surface area contributed by atoms with Crippen molar-refractivity contribution in [3.63, 3.8) is 0 Å². The average molecular weight is 218 g/mol. The van der Waals surface area contributed by atoms with Crippen molar-refractivity contribution in [2.75, 3.05) is 0 Å². The molecule has 0 saturated carbocycles. The normalized spacial score (nSPS) is 9.64. The lowest BCUT2D eigenvalue weighted by Crippen LogP contribution is -1.69. The highest BCUT2D eigenvalue weighted by atomic mass is 79.9. The van der Waals surface area contributed by atoms with Crippen molar-refractivity contribution in [3.8, 4) is 0 Å². The molecule has 60 valence electrons. The molecule has 3 heteroatoms. The standard InChI is InChI=1S/C8H8FN.BrH/c1-2-10-8-5-3-7(9)4-6-8;/h2-6H,1H3;1H. The summed E-state index contributed by atoms with van der Waals surface area (Å²) in [5, 5.41) is 0. The van der Waals surface area contributed by atoms with E-state index in [4.69, 9.17) is 0 Å². The van der Waals surface area contributed by atoms with Crippen LogP contribution in [0.15, 0.2) is 29.3 Å². The molecule has 0 saturated heterocycles. The summed E-state index contributed by atoms with van der Waals surface area (Å²) in [6, 6.07) is 6.05. The molecule has 0 heterocycles. The molecule has 0 aliphatic rings. The molecule has 1 aromatic carbocycles. The quantitative estimate of drug-likeness (QED) is 0.642. The number of rotatable bonds is 1. The van der Waals surface area contributed by atoms with Gasteiger partial charge in [0.2, 0.25) is 0 Å². The summed E-state index contributed by atoms with van der Waals surface area (Å²) in [4.78, 5) is 3.96. The molecule has 0 fully saturated rings. The van der Waals surface area contributed by atoms with Crippen LogP contribution < -0.4 is 0 Å². The summed E-state index contributed by atoms with van der Waals surface area (Å²) in [5.41, 5.74) is 0.781. The summed E-state index contributed by atoms with van der Waals surface area (Å²) in [7, 11) is 0. The van der Waals surface area contributed by atoms with E-state index in [1.807, 2.05) is 6.92 Å². The summed E-state index contributed by atoms with van der Waals surface area (Å²) in [5.74, 6) is -0.227. The van der Waals surface area contributed by atoms with E-state index in [2.05, 4.69) is 4.99 Å². The van der Waals surface area contributed by atoms with Gasteiger partial charge in [-0.2, -0.15) is 0 Å². The van der Waals surface area contributed by atoms with Crippen LogP contribution >= 0.6 is 17.0 Å². The Kier molecular flexibility index (Phi) is 4.70. The first kappa shape index (κ1) is 10.3. The van der Waals surface area contributed by atoms with Gasteiger partial charge in [-0.25, -0.2) is 4.39 Å².